The molecule has 5 nitrogen and oxygen atoms in total. The zero-order valence-corrected chi connectivity index (χ0v) is 14.5. The standard InChI is InChI=1S/C16H22FN5S/c1-18-16(21(2)11-13-10-20-22(3)12-13)19-8-9-23-15-7-5-4-6-14(15)17/h4-7,10,12H,8-9,11H2,1-3H3,(H,18,19). The van der Waals surface area contributed by atoms with E-state index in [1.54, 1.807) is 23.9 Å². The summed E-state index contributed by atoms with van der Waals surface area (Å²) < 4.78 is 15.3. The summed E-state index contributed by atoms with van der Waals surface area (Å²) in [6.07, 6.45) is 3.83. The Morgan fingerprint density at radius 1 is 1.43 bits per heavy atom. The van der Waals surface area contributed by atoms with Gasteiger partial charge in [-0.25, -0.2) is 4.39 Å². The quantitative estimate of drug-likeness (QED) is 0.381. The maximum Gasteiger partial charge on any atom is 0.193 e. The van der Waals surface area contributed by atoms with E-state index in [0.717, 1.165) is 23.8 Å². The largest absolute Gasteiger partial charge is 0.355 e. The predicted octanol–water partition coefficient (Wildman–Crippen LogP) is 2.36. The van der Waals surface area contributed by atoms with Crippen molar-refractivity contribution in [2.24, 2.45) is 12.0 Å². The van der Waals surface area contributed by atoms with Crippen molar-refractivity contribution in [2.45, 2.75) is 11.4 Å². The number of hydrogen-bond donors (Lipinski definition) is 1. The van der Waals surface area contributed by atoms with Crippen molar-refractivity contribution in [3.8, 4) is 0 Å². The molecule has 0 bridgehead atoms. The molecule has 0 unspecified atom stereocenters. The lowest BCUT2D eigenvalue weighted by Crippen LogP contribution is -2.39. The number of nitrogens with one attached hydrogen (secondary N) is 1. The van der Waals surface area contributed by atoms with Gasteiger partial charge in [-0.15, -0.1) is 11.8 Å². The van der Waals surface area contributed by atoms with E-state index in [-0.39, 0.29) is 5.82 Å². The monoisotopic (exact) mass is 335 g/mol. The van der Waals surface area contributed by atoms with E-state index in [1.165, 1.54) is 17.8 Å². The van der Waals surface area contributed by atoms with Crippen LogP contribution in [0.4, 0.5) is 4.39 Å². The molecule has 124 valence electrons. The van der Waals surface area contributed by atoms with Gasteiger partial charge in [0.2, 0.25) is 0 Å². The lowest BCUT2D eigenvalue weighted by atomic mass is 10.3. The van der Waals surface area contributed by atoms with Crippen LogP contribution in [0.5, 0.6) is 0 Å². The Morgan fingerprint density at radius 3 is 2.87 bits per heavy atom. The molecule has 0 radical (unpaired) electrons. The van der Waals surface area contributed by atoms with E-state index in [0.29, 0.717) is 11.4 Å². The first-order chi connectivity index (χ1) is 11.1. The molecule has 1 aromatic heterocycles. The Balaban J connectivity index is 1.77. The van der Waals surface area contributed by atoms with E-state index in [9.17, 15) is 4.39 Å². The SMILES string of the molecule is CN=C(NCCSc1ccccc1F)N(C)Cc1cnn(C)c1. The molecule has 0 aliphatic heterocycles. The van der Waals surface area contributed by atoms with E-state index < -0.39 is 0 Å². The Morgan fingerprint density at radius 2 is 2.22 bits per heavy atom. The first-order valence-corrected chi connectivity index (χ1v) is 8.35. The molecule has 1 aromatic carbocycles. The van der Waals surface area contributed by atoms with Crippen molar-refractivity contribution in [1.82, 2.24) is 20.0 Å². The smallest absolute Gasteiger partial charge is 0.193 e. The van der Waals surface area contributed by atoms with Crippen molar-refractivity contribution < 1.29 is 4.39 Å². The third-order valence-electron chi connectivity index (χ3n) is 3.23. The minimum absolute atomic E-state index is 0.171. The highest BCUT2D eigenvalue weighted by Crippen LogP contribution is 2.20. The van der Waals surface area contributed by atoms with Gasteiger partial charge in [-0.2, -0.15) is 5.10 Å². The number of hydrogen-bond acceptors (Lipinski definition) is 3. The number of guanidine groups is 1. The number of aryl methyl sites for hydroxylation is 1. The molecule has 1 N–H and O–H groups in total. The molecule has 7 heteroatoms. The van der Waals surface area contributed by atoms with Crippen LogP contribution in [0.1, 0.15) is 5.56 Å². The van der Waals surface area contributed by atoms with Crippen LogP contribution >= 0.6 is 11.8 Å². The molecule has 23 heavy (non-hydrogen) atoms. The van der Waals surface area contributed by atoms with Crippen LogP contribution in [0.15, 0.2) is 46.5 Å². The van der Waals surface area contributed by atoms with E-state index in [2.05, 4.69) is 15.4 Å². The molecule has 0 saturated carbocycles. The van der Waals surface area contributed by atoms with Gasteiger partial charge in [-0.3, -0.25) is 9.67 Å². The van der Waals surface area contributed by atoms with Crippen LogP contribution in [-0.4, -0.2) is 47.0 Å². The number of rotatable bonds is 6. The second kappa shape index (κ2) is 8.57. The topological polar surface area (TPSA) is 45.5 Å². The molecular formula is C16H22FN5S. The van der Waals surface area contributed by atoms with Crippen molar-refractivity contribution >= 4 is 17.7 Å². The molecule has 0 aliphatic carbocycles. The molecule has 1 heterocycles. The molecule has 0 spiro atoms. The third kappa shape index (κ3) is 5.28. The summed E-state index contributed by atoms with van der Waals surface area (Å²) in [5.41, 5.74) is 1.12. The van der Waals surface area contributed by atoms with Gasteiger partial charge >= 0.3 is 0 Å². The molecule has 0 fully saturated rings. The highest BCUT2D eigenvalue weighted by molar-refractivity contribution is 7.99. The Bertz CT molecular complexity index is 655. The van der Waals surface area contributed by atoms with Crippen LogP contribution < -0.4 is 5.32 Å². The summed E-state index contributed by atoms with van der Waals surface area (Å²) in [4.78, 5) is 6.98. The summed E-state index contributed by atoms with van der Waals surface area (Å²) in [5, 5.41) is 7.45. The summed E-state index contributed by atoms with van der Waals surface area (Å²) in [6, 6.07) is 6.83. The fourth-order valence-corrected chi connectivity index (χ4v) is 2.98. The number of thioether (sulfide) groups is 1. The molecular weight excluding hydrogens is 313 g/mol. The van der Waals surface area contributed by atoms with Crippen molar-refractivity contribution in [2.75, 3.05) is 26.4 Å². The zero-order chi connectivity index (χ0) is 16.7. The Hall–Kier alpha value is -2.02. The van der Waals surface area contributed by atoms with Gasteiger partial charge in [0, 0.05) is 56.6 Å². The van der Waals surface area contributed by atoms with Gasteiger partial charge in [-0.1, -0.05) is 12.1 Å². The number of nitrogens with zero attached hydrogens (tertiary/aromatic N) is 4. The molecule has 2 aromatic rings. The van der Waals surface area contributed by atoms with Crippen LogP contribution in [0.25, 0.3) is 0 Å². The van der Waals surface area contributed by atoms with Crippen LogP contribution in [0.3, 0.4) is 0 Å². The normalized spacial score (nSPS) is 11.6. The fraction of sp³-hybridized carbons (Fsp3) is 0.375. The van der Waals surface area contributed by atoms with Crippen LogP contribution in [0.2, 0.25) is 0 Å². The van der Waals surface area contributed by atoms with Gasteiger partial charge in [0.05, 0.1) is 6.20 Å². The van der Waals surface area contributed by atoms with Crippen LogP contribution in [-0.2, 0) is 13.6 Å². The first-order valence-electron chi connectivity index (χ1n) is 7.37. The second-order valence-corrected chi connectivity index (χ2v) is 6.27. The second-order valence-electron chi connectivity index (χ2n) is 5.13. The maximum atomic E-state index is 13.5. The maximum absolute atomic E-state index is 13.5. The predicted molar refractivity (Wildman–Crippen MR) is 93.2 cm³/mol. The van der Waals surface area contributed by atoms with E-state index in [1.807, 2.05) is 37.5 Å². The van der Waals surface area contributed by atoms with Crippen molar-refractivity contribution in [1.29, 1.82) is 0 Å². The van der Waals surface area contributed by atoms with Gasteiger partial charge in [0.15, 0.2) is 5.96 Å². The lowest BCUT2D eigenvalue weighted by Gasteiger charge is -2.21. The van der Waals surface area contributed by atoms with Gasteiger partial charge in [-0.05, 0) is 12.1 Å². The Labute approximate surface area is 140 Å². The average molecular weight is 335 g/mol. The first kappa shape index (κ1) is 17.3. The Kier molecular flexibility index (Phi) is 6.46. The van der Waals surface area contributed by atoms with Crippen molar-refractivity contribution in [3.05, 3.63) is 48.0 Å². The summed E-state index contributed by atoms with van der Waals surface area (Å²) in [7, 11) is 5.63. The van der Waals surface area contributed by atoms with Crippen LogP contribution in [0, 0.1) is 5.82 Å². The minimum Gasteiger partial charge on any atom is -0.355 e. The van der Waals surface area contributed by atoms with Gasteiger partial charge in [0.25, 0.3) is 0 Å². The highest BCUT2D eigenvalue weighted by Gasteiger charge is 2.08. The molecule has 0 aliphatic rings. The van der Waals surface area contributed by atoms with Gasteiger partial charge in [0.1, 0.15) is 5.82 Å². The average Bonchev–Trinajstić information content (AvgIpc) is 2.94. The summed E-state index contributed by atoms with van der Waals surface area (Å²) >= 11 is 1.49. The highest BCUT2D eigenvalue weighted by atomic mass is 32.2. The number of halogens is 1. The molecule has 0 amide bonds. The third-order valence-corrected chi connectivity index (χ3v) is 4.28. The molecule has 0 saturated heterocycles. The van der Waals surface area contributed by atoms with Crippen molar-refractivity contribution in [3.63, 3.8) is 0 Å². The number of aliphatic imine (C=N–C) groups is 1. The van der Waals surface area contributed by atoms with E-state index in [4.69, 9.17) is 0 Å². The van der Waals surface area contributed by atoms with Gasteiger partial charge < -0.3 is 10.2 Å². The summed E-state index contributed by atoms with van der Waals surface area (Å²) in [6.45, 7) is 1.44. The molecule has 0 atom stereocenters. The zero-order valence-electron chi connectivity index (χ0n) is 13.7. The minimum atomic E-state index is -0.171. The lowest BCUT2D eigenvalue weighted by molar-refractivity contribution is 0.479. The number of benzene rings is 1. The van der Waals surface area contributed by atoms with E-state index >= 15 is 0 Å². The number of aromatic nitrogens is 2. The molecule has 2 rings (SSSR count). The fourth-order valence-electron chi connectivity index (χ4n) is 2.17. The summed E-state index contributed by atoms with van der Waals surface area (Å²) in [5.74, 6) is 1.40.